The molecule has 4 N–H and O–H groups in total. The Morgan fingerprint density at radius 3 is 2.58 bits per heavy atom. The van der Waals surface area contributed by atoms with Gasteiger partial charge in [-0.3, -0.25) is 14.5 Å². The smallest absolute Gasteiger partial charge is 0.324 e. The van der Waals surface area contributed by atoms with Crippen molar-refractivity contribution in [3.63, 3.8) is 0 Å². The highest BCUT2D eigenvalue weighted by Gasteiger charge is 2.29. The minimum atomic E-state index is -0.579. The van der Waals surface area contributed by atoms with Gasteiger partial charge in [0.2, 0.25) is 11.8 Å². The number of nitrogens with zero attached hydrogens (tertiary/aromatic N) is 1. The number of amides is 4. The Morgan fingerprint density at radius 1 is 1.47 bits per heavy atom. The monoisotopic (exact) mass is 270 g/mol. The second-order valence-corrected chi connectivity index (χ2v) is 5.69. The molecule has 1 atom stereocenters. The van der Waals surface area contributed by atoms with Crippen molar-refractivity contribution >= 4 is 17.8 Å². The van der Waals surface area contributed by atoms with Gasteiger partial charge in [-0.05, 0) is 11.8 Å². The van der Waals surface area contributed by atoms with E-state index in [0.29, 0.717) is 19.5 Å². The fourth-order valence-corrected chi connectivity index (χ4v) is 1.63. The van der Waals surface area contributed by atoms with Gasteiger partial charge in [0.05, 0.1) is 12.6 Å². The number of carbonyl (C=O) groups is 3. The van der Waals surface area contributed by atoms with Crippen LogP contribution in [0, 0.1) is 5.41 Å². The van der Waals surface area contributed by atoms with Crippen molar-refractivity contribution < 1.29 is 14.4 Å². The third-order valence-corrected chi connectivity index (χ3v) is 3.01. The molecule has 0 spiro atoms. The Kier molecular flexibility index (Phi) is 4.88. The van der Waals surface area contributed by atoms with Gasteiger partial charge in [0.15, 0.2) is 0 Å². The molecule has 1 heterocycles. The van der Waals surface area contributed by atoms with Crippen molar-refractivity contribution in [1.82, 2.24) is 15.5 Å². The van der Waals surface area contributed by atoms with E-state index in [4.69, 9.17) is 5.73 Å². The van der Waals surface area contributed by atoms with E-state index in [1.54, 1.807) is 0 Å². The quantitative estimate of drug-likeness (QED) is 0.459. The molecule has 0 aromatic heterocycles. The van der Waals surface area contributed by atoms with E-state index in [0.717, 1.165) is 4.90 Å². The maximum atomic E-state index is 11.7. The lowest BCUT2D eigenvalue weighted by molar-refractivity contribution is -0.125. The van der Waals surface area contributed by atoms with Gasteiger partial charge < -0.3 is 16.4 Å². The highest BCUT2D eigenvalue weighted by Crippen LogP contribution is 2.17. The van der Waals surface area contributed by atoms with Crippen molar-refractivity contribution in [2.45, 2.75) is 33.2 Å². The first-order valence-electron chi connectivity index (χ1n) is 6.35. The highest BCUT2D eigenvalue weighted by molar-refractivity contribution is 6.01. The molecule has 0 aromatic carbocycles. The average molecular weight is 270 g/mol. The topological polar surface area (TPSA) is 105 Å². The van der Waals surface area contributed by atoms with Crippen molar-refractivity contribution in [1.29, 1.82) is 0 Å². The number of imide groups is 1. The summed E-state index contributed by atoms with van der Waals surface area (Å²) in [5, 5.41) is 5.15. The molecule has 0 unspecified atom stereocenters. The van der Waals surface area contributed by atoms with Crippen LogP contribution in [0.25, 0.3) is 0 Å². The summed E-state index contributed by atoms with van der Waals surface area (Å²) in [5.74, 6) is -0.451. The molecule has 1 fully saturated rings. The van der Waals surface area contributed by atoms with E-state index in [2.05, 4.69) is 10.6 Å². The van der Waals surface area contributed by atoms with Gasteiger partial charge in [-0.2, -0.15) is 0 Å². The summed E-state index contributed by atoms with van der Waals surface area (Å²) >= 11 is 0. The summed E-state index contributed by atoms with van der Waals surface area (Å²) in [6, 6.07) is -0.952. The van der Waals surface area contributed by atoms with E-state index in [9.17, 15) is 14.4 Å². The molecule has 1 rings (SSSR count). The van der Waals surface area contributed by atoms with Crippen molar-refractivity contribution in [2.75, 3.05) is 19.6 Å². The molecule has 0 bridgehead atoms. The molecule has 19 heavy (non-hydrogen) atoms. The van der Waals surface area contributed by atoms with Gasteiger partial charge in [-0.1, -0.05) is 20.8 Å². The van der Waals surface area contributed by atoms with Gasteiger partial charge in [0.1, 0.15) is 0 Å². The molecule has 4 amide bonds. The Morgan fingerprint density at radius 2 is 2.11 bits per heavy atom. The molecule has 7 nitrogen and oxygen atoms in total. The van der Waals surface area contributed by atoms with Crippen LogP contribution in [0.5, 0.6) is 0 Å². The fourth-order valence-electron chi connectivity index (χ4n) is 1.63. The van der Waals surface area contributed by atoms with E-state index in [1.807, 2.05) is 20.8 Å². The van der Waals surface area contributed by atoms with Crippen LogP contribution in [0.15, 0.2) is 0 Å². The molecule has 7 heteroatoms. The minimum absolute atomic E-state index is 0.0556. The Hall–Kier alpha value is -1.63. The first-order chi connectivity index (χ1) is 8.73. The summed E-state index contributed by atoms with van der Waals surface area (Å²) in [6.45, 7) is 6.43. The maximum Gasteiger partial charge on any atom is 0.324 e. The van der Waals surface area contributed by atoms with Crippen LogP contribution in [0.4, 0.5) is 4.79 Å². The second kappa shape index (κ2) is 6.01. The molecule has 0 aliphatic carbocycles. The van der Waals surface area contributed by atoms with Gasteiger partial charge in [-0.25, -0.2) is 4.79 Å². The summed E-state index contributed by atoms with van der Waals surface area (Å²) in [6.07, 6.45) is 0.516. The highest BCUT2D eigenvalue weighted by atomic mass is 16.2. The van der Waals surface area contributed by atoms with Gasteiger partial charge in [0, 0.05) is 13.1 Å². The molecule has 1 aliphatic rings. The normalized spacial score (nSPS) is 17.4. The SMILES string of the molecule is CC(C)(C)[C@H](N)C(=O)NCCCN1C(=O)CNC1=O. The number of carbonyl (C=O) groups excluding carboxylic acids is 3. The Labute approximate surface area is 112 Å². The predicted molar refractivity (Wildman–Crippen MR) is 70.2 cm³/mol. The third kappa shape index (κ3) is 4.20. The van der Waals surface area contributed by atoms with Crippen LogP contribution in [-0.2, 0) is 9.59 Å². The number of nitrogens with one attached hydrogen (secondary N) is 2. The number of urea groups is 1. The van der Waals surface area contributed by atoms with Gasteiger partial charge in [0.25, 0.3) is 0 Å². The Balaban J connectivity index is 2.26. The zero-order chi connectivity index (χ0) is 14.6. The van der Waals surface area contributed by atoms with E-state index < -0.39 is 6.04 Å². The van der Waals surface area contributed by atoms with E-state index >= 15 is 0 Å². The second-order valence-electron chi connectivity index (χ2n) is 5.69. The molecule has 0 saturated carbocycles. The largest absolute Gasteiger partial charge is 0.355 e. The van der Waals surface area contributed by atoms with Crippen LogP contribution >= 0.6 is 0 Å². The first-order valence-corrected chi connectivity index (χ1v) is 6.35. The lowest BCUT2D eigenvalue weighted by Crippen LogP contribution is -2.49. The zero-order valence-corrected chi connectivity index (χ0v) is 11.7. The number of rotatable bonds is 5. The van der Waals surface area contributed by atoms with Crippen LogP contribution < -0.4 is 16.4 Å². The first kappa shape index (κ1) is 15.4. The van der Waals surface area contributed by atoms with Gasteiger partial charge in [-0.15, -0.1) is 0 Å². The molecular weight excluding hydrogens is 248 g/mol. The van der Waals surface area contributed by atoms with Crippen molar-refractivity contribution in [3.05, 3.63) is 0 Å². The van der Waals surface area contributed by atoms with Crippen molar-refractivity contribution in [2.24, 2.45) is 11.1 Å². The molecule has 108 valence electrons. The number of hydrogen-bond acceptors (Lipinski definition) is 4. The molecule has 0 radical (unpaired) electrons. The lowest BCUT2D eigenvalue weighted by Gasteiger charge is -2.25. The van der Waals surface area contributed by atoms with Crippen molar-refractivity contribution in [3.8, 4) is 0 Å². The summed E-state index contributed by atoms with van der Waals surface area (Å²) in [7, 11) is 0. The van der Waals surface area contributed by atoms with E-state index in [-0.39, 0.29) is 29.8 Å². The minimum Gasteiger partial charge on any atom is -0.355 e. The van der Waals surface area contributed by atoms with Crippen LogP contribution in [0.3, 0.4) is 0 Å². The van der Waals surface area contributed by atoms with E-state index in [1.165, 1.54) is 0 Å². The number of nitrogens with two attached hydrogens (primary N) is 1. The fraction of sp³-hybridized carbons (Fsp3) is 0.750. The molecule has 1 saturated heterocycles. The number of hydrogen-bond donors (Lipinski definition) is 3. The maximum absolute atomic E-state index is 11.7. The standard InChI is InChI=1S/C12H22N4O3/c1-12(2,3)9(13)10(18)14-5-4-6-16-8(17)7-15-11(16)19/h9H,4-7,13H2,1-3H3,(H,14,18)(H,15,19)/t9-/m1/s1. The molecular formula is C12H22N4O3. The Bertz CT molecular complexity index is 360. The summed E-state index contributed by atoms with van der Waals surface area (Å²) < 4.78 is 0. The van der Waals surface area contributed by atoms with Crippen LogP contribution in [0.1, 0.15) is 27.2 Å². The average Bonchev–Trinajstić information content (AvgIpc) is 2.63. The summed E-state index contributed by atoms with van der Waals surface area (Å²) in [5.41, 5.74) is 5.51. The lowest BCUT2D eigenvalue weighted by atomic mass is 9.87. The molecule has 0 aromatic rings. The molecule has 1 aliphatic heterocycles. The van der Waals surface area contributed by atoms with Gasteiger partial charge >= 0.3 is 6.03 Å². The van der Waals surface area contributed by atoms with Crippen LogP contribution in [-0.4, -0.2) is 48.4 Å². The van der Waals surface area contributed by atoms with Crippen LogP contribution in [0.2, 0.25) is 0 Å². The zero-order valence-electron chi connectivity index (χ0n) is 11.7. The predicted octanol–water partition coefficient (Wildman–Crippen LogP) is -0.582. The summed E-state index contributed by atoms with van der Waals surface area (Å²) in [4.78, 5) is 35.4. The third-order valence-electron chi connectivity index (χ3n) is 3.01.